The van der Waals surface area contributed by atoms with Crippen LogP contribution in [-0.4, -0.2) is 34.5 Å². The molecule has 3 atom stereocenters. The molecule has 0 bridgehead atoms. The summed E-state index contributed by atoms with van der Waals surface area (Å²) < 4.78 is 0. The molecule has 0 heterocycles. The third-order valence-corrected chi connectivity index (χ3v) is 4.86. The van der Waals surface area contributed by atoms with E-state index in [2.05, 4.69) is 6.92 Å². The quantitative estimate of drug-likeness (QED) is 0.828. The highest BCUT2D eigenvalue weighted by Gasteiger charge is 2.46. The molecular weight excluding hydrogens is 242 g/mol. The van der Waals surface area contributed by atoms with E-state index in [-0.39, 0.29) is 11.8 Å². The fourth-order valence-electron chi connectivity index (χ4n) is 3.43. The largest absolute Gasteiger partial charge is 0.481 e. The molecule has 0 aromatic carbocycles. The molecule has 106 valence electrons. The van der Waals surface area contributed by atoms with Crippen LogP contribution in [0.5, 0.6) is 0 Å². The number of amides is 1. The minimum absolute atomic E-state index is 0.131. The van der Waals surface area contributed by atoms with Crippen molar-refractivity contribution < 1.29 is 14.7 Å². The summed E-state index contributed by atoms with van der Waals surface area (Å²) in [5.41, 5.74) is 0. The zero-order valence-electron chi connectivity index (χ0n) is 11.5. The van der Waals surface area contributed by atoms with Crippen LogP contribution in [0.3, 0.4) is 0 Å². The number of rotatable bonds is 5. The van der Waals surface area contributed by atoms with Gasteiger partial charge in [0.05, 0.1) is 11.8 Å². The van der Waals surface area contributed by atoms with Crippen molar-refractivity contribution in [2.24, 2.45) is 23.7 Å². The Labute approximate surface area is 114 Å². The molecule has 0 aromatic heterocycles. The van der Waals surface area contributed by atoms with E-state index in [4.69, 9.17) is 0 Å². The molecule has 3 aliphatic carbocycles. The zero-order chi connectivity index (χ0) is 13.6. The fraction of sp³-hybridized carbons (Fsp3) is 0.867. The topological polar surface area (TPSA) is 57.6 Å². The van der Waals surface area contributed by atoms with Crippen LogP contribution >= 0.6 is 0 Å². The van der Waals surface area contributed by atoms with E-state index in [0.29, 0.717) is 24.3 Å². The second-order valence-electron chi connectivity index (χ2n) is 6.79. The van der Waals surface area contributed by atoms with Crippen LogP contribution in [-0.2, 0) is 9.59 Å². The van der Waals surface area contributed by atoms with Crippen LogP contribution in [0, 0.1) is 23.7 Å². The van der Waals surface area contributed by atoms with E-state index >= 15 is 0 Å². The SMILES string of the molecule is CC1CC(C(=O)O)C(C(=O)N(CC2CC2)C2CC2)C1. The molecule has 0 aliphatic heterocycles. The zero-order valence-corrected chi connectivity index (χ0v) is 11.5. The van der Waals surface area contributed by atoms with Crippen LogP contribution in [0.2, 0.25) is 0 Å². The molecule has 3 fully saturated rings. The summed E-state index contributed by atoms with van der Waals surface area (Å²) in [5.74, 6) is -0.338. The summed E-state index contributed by atoms with van der Waals surface area (Å²) in [6, 6.07) is 0.415. The van der Waals surface area contributed by atoms with Gasteiger partial charge in [-0.3, -0.25) is 9.59 Å². The van der Waals surface area contributed by atoms with Gasteiger partial charge in [-0.15, -0.1) is 0 Å². The molecule has 1 N–H and O–H groups in total. The van der Waals surface area contributed by atoms with E-state index < -0.39 is 11.9 Å². The van der Waals surface area contributed by atoms with Crippen molar-refractivity contribution in [1.82, 2.24) is 4.90 Å². The Morgan fingerprint density at radius 2 is 1.74 bits per heavy atom. The van der Waals surface area contributed by atoms with Gasteiger partial charge in [0, 0.05) is 12.6 Å². The second kappa shape index (κ2) is 4.80. The van der Waals surface area contributed by atoms with Gasteiger partial charge in [-0.1, -0.05) is 6.92 Å². The molecule has 0 saturated heterocycles. The Morgan fingerprint density at radius 1 is 1.11 bits per heavy atom. The normalized spacial score (nSPS) is 34.3. The summed E-state index contributed by atoms with van der Waals surface area (Å²) >= 11 is 0. The number of aliphatic carboxylic acids is 1. The van der Waals surface area contributed by atoms with Crippen molar-refractivity contribution in [2.45, 2.75) is 51.5 Å². The van der Waals surface area contributed by atoms with E-state index in [1.54, 1.807) is 0 Å². The maximum atomic E-state index is 12.7. The monoisotopic (exact) mass is 265 g/mol. The minimum atomic E-state index is -0.787. The number of carbonyl (C=O) groups excluding carboxylic acids is 1. The summed E-state index contributed by atoms with van der Waals surface area (Å²) in [5, 5.41) is 9.31. The van der Waals surface area contributed by atoms with Gasteiger partial charge < -0.3 is 10.0 Å². The number of nitrogens with zero attached hydrogens (tertiary/aromatic N) is 1. The maximum Gasteiger partial charge on any atom is 0.307 e. The first kappa shape index (κ1) is 12.9. The van der Waals surface area contributed by atoms with E-state index in [9.17, 15) is 14.7 Å². The summed E-state index contributed by atoms with van der Waals surface area (Å²) in [7, 11) is 0. The lowest BCUT2D eigenvalue weighted by Crippen LogP contribution is -2.41. The molecule has 1 amide bonds. The smallest absolute Gasteiger partial charge is 0.307 e. The van der Waals surface area contributed by atoms with Crippen molar-refractivity contribution in [3.05, 3.63) is 0 Å². The van der Waals surface area contributed by atoms with Crippen LogP contribution in [0.1, 0.15) is 45.4 Å². The maximum absolute atomic E-state index is 12.7. The first-order valence-electron chi connectivity index (χ1n) is 7.59. The van der Waals surface area contributed by atoms with Crippen LogP contribution < -0.4 is 0 Å². The second-order valence-corrected chi connectivity index (χ2v) is 6.79. The van der Waals surface area contributed by atoms with Gasteiger partial charge in [0.15, 0.2) is 0 Å². The van der Waals surface area contributed by atoms with E-state index in [0.717, 1.165) is 25.8 Å². The average molecular weight is 265 g/mol. The molecule has 0 aromatic rings. The highest BCUT2D eigenvalue weighted by Crippen LogP contribution is 2.41. The summed E-state index contributed by atoms with van der Waals surface area (Å²) in [6.45, 7) is 2.94. The molecule has 0 spiro atoms. The van der Waals surface area contributed by atoms with Gasteiger partial charge >= 0.3 is 5.97 Å². The molecule has 19 heavy (non-hydrogen) atoms. The van der Waals surface area contributed by atoms with Crippen LogP contribution in [0.15, 0.2) is 0 Å². The van der Waals surface area contributed by atoms with Gasteiger partial charge in [-0.25, -0.2) is 0 Å². The third-order valence-electron chi connectivity index (χ3n) is 4.86. The minimum Gasteiger partial charge on any atom is -0.481 e. The van der Waals surface area contributed by atoms with E-state index in [1.165, 1.54) is 12.8 Å². The molecule has 3 unspecified atom stereocenters. The lowest BCUT2D eigenvalue weighted by atomic mass is 9.94. The first-order chi connectivity index (χ1) is 9.06. The predicted octanol–water partition coefficient (Wildman–Crippen LogP) is 2.13. The Hall–Kier alpha value is -1.06. The van der Waals surface area contributed by atoms with Crippen LogP contribution in [0.4, 0.5) is 0 Å². The molecule has 0 radical (unpaired) electrons. The first-order valence-corrected chi connectivity index (χ1v) is 7.59. The summed E-state index contributed by atoms with van der Waals surface area (Å²) in [6.07, 6.45) is 6.11. The van der Waals surface area contributed by atoms with Crippen molar-refractivity contribution in [3.63, 3.8) is 0 Å². The number of hydrogen-bond acceptors (Lipinski definition) is 2. The number of carboxylic acids is 1. The third kappa shape index (κ3) is 2.77. The van der Waals surface area contributed by atoms with Crippen molar-refractivity contribution >= 4 is 11.9 Å². The molecular formula is C15H23NO3. The highest BCUT2D eigenvalue weighted by molar-refractivity contribution is 5.85. The van der Waals surface area contributed by atoms with E-state index in [1.807, 2.05) is 4.90 Å². The Balaban J connectivity index is 1.70. The molecule has 3 rings (SSSR count). The number of carbonyl (C=O) groups is 2. The molecule has 3 aliphatic rings. The van der Waals surface area contributed by atoms with Gasteiger partial charge in [0.1, 0.15) is 0 Å². The number of carboxylic acid groups (broad SMARTS) is 1. The Kier molecular flexibility index (Phi) is 3.27. The van der Waals surface area contributed by atoms with Gasteiger partial charge in [0.2, 0.25) is 5.91 Å². The van der Waals surface area contributed by atoms with Crippen LogP contribution in [0.25, 0.3) is 0 Å². The standard InChI is InChI=1S/C15H23NO3/c1-9-6-12(13(7-9)15(18)19)14(17)16(11-4-5-11)8-10-2-3-10/h9-13H,2-8H2,1H3,(H,18,19). The van der Waals surface area contributed by atoms with Crippen molar-refractivity contribution in [1.29, 1.82) is 0 Å². The fourth-order valence-corrected chi connectivity index (χ4v) is 3.43. The average Bonchev–Trinajstić information content (AvgIpc) is 3.24. The van der Waals surface area contributed by atoms with Crippen molar-refractivity contribution in [3.8, 4) is 0 Å². The predicted molar refractivity (Wildman–Crippen MR) is 70.5 cm³/mol. The highest BCUT2D eigenvalue weighted by atomic mass is 16.4. The summed E-state index contributed by atoms with van der Waals surface area (Å²) in [4.78, 5) is 26.1. The van der Waals surface area contributed by atoms with Crippen molar-refractivity contribution in [2.75, 3.05) is 6.54 Å². The molecule has 4 nitrogen and oxygen atoms in total. The Morgan fingerprint density at radius 3 is 2.26 bits per heavy atom. The Bertz CT molecular complexity index is 387. The number of hydrogen-bond donors (Lipinski definition) is 1. The molecule has 4 heteroatoms. The lowest BCUT2D eigenvalue weighted by Gasteiger charge is -2.27. The van der Waals surface area contributed by atoms with Gasteiger partial charge in [-0.2, -0.15) is 0 Å². The van der Waals surface area contributed by atoms with Gasteiger partial charge in [-0.05, 0) is 50.4 Å². The van der Waals surface area contributed by atoms with Gasteiger partial charge in [0.25, 0.3) is 0 Å². The molecule has 3 saturated carbocycles. The lowest BCUT2D eigenvalue weighted by molar-refractivity contribution is -0.149.